The van der Waals surface area contributed by atoms with Crippen LogP contribution in [0.3, 0.4) is 0 Å². The van der Waals surface area contributed by atoms with Gasteiger partial charge in [-0.2, -0.15) is 0 Å². The van der Waals surface area contributed by atoms with Gasteiger partial charge in [-0.3, -0.25) is 0 Å². The molecule has 0 fully saturated rings. The van der Waals surface area contributed by atoms with Gasteiger partial charge in [0, 0.05) is 27.0 Å². The lowest BCUT2D eigenvalue weighted by Gasteiger charge is -2.10. The van der Waals surface area contributed by atoms with Crippen molar-refractivity contribution in [2.24, 2.45) is 0 Å². The maximum Gasteiger partial charge on any atom is 0.0541 e. The van der Waals surface area contributed by atoms with Crippen LogP contribution in [0.4, 0.5) is 0 Å². The fraction of sp³-hybridized carbons (Fsp3) is 0. The van der Waals surface area contributed by atoms with Crippen molar-refractivity contribution in [2.45, 2.75) is 0 Å². The van der Waals surface area contributed by atoms with Crippen molar-refractivity contribution in [2.75, 3.05) is 0 Å². The zero-order chi connectivity index (χ0) is 17.5. The molecule has 0 N–H and O–H groups in total. The monoisotopic (exact) mass is 353 g/mol. The van der Waals surface area contributed by atoms with Crippen LogP contribution < -0.4 is 0 Å². The number of nitrogens with zero attached hydrogens (tertiary/aromatic N) is 1. The molecule has 1 aromatic heterocycles. The number of hydrogen-bond acceptors (Lipinski definition) is 0. The summed E-state index contributed by atoms with van der Waals surface area (Å²) in [6.07, 6.45) is 0. The van der Waals surface area contributed by atoms with Gasteiger partial charge in [0.2, 0.25) is 0 Å². The Morgan fingerprint density at radius 3 is 1.69 bits per heavy atom. The van der Waals surface area contributed by atoms with Crippen LogP contribution in [0.15, 0.2) is 97.1 Å². The Hall–Kier alpha value is -3.03. The molecule has 2 heteroatoms. The third-order valence-corrected chi connectivity index (χ3v) is 5.22. The van der Waals surface area contributed by atoms with Crippen LogP contribution in [0.5, 0.6) is 0 Å². The van der Waals surface area contributed by atoms with Gasteiger partial charge in [0.1, 0.15) is 0 Å². The van der Waals surface area contributed by atoms with E-state index in [9.17, 15) is 0 Å². The molecule has 0 unspecified atom stereocenters. The summed E-state index contributed by atoms with van der Waals surface area (Å²) in [5.74, 6) is 0. The standard InChI is InChI=1S/C24H16ClN/c25-22-10-4-1-7-19(22)17-13-15-18(16-14-17)26-23-11-5-2-8-20(23)21-9-3-6-12-24(21)26/h1-16H. The highest BCUT2D eigenvalue weighted by molar-refractivity contribution is 6.33. The summed E-state index contributed by atoms with van der Waals surface area (Å²) in [5.41, 5.74) is 5.78. The Balaban J connectivity index is 1.72. The molecule has 4 aromatic carbocycles. The Morgan fingerprint density at radius 2 is 1.08 bits per heavy atom. The molecule has 1 nitrogen and oxygen atoms in total. The Kier molecular flexibility index (Phi) is 3.55. The third-order valence-electron chi connectivity index (χ3n) is 4.89. The average Bonchev–Trinajstić information content (AvgIpc) is 3.03. The number of fused-ring (bicyclic) bond motifs is 3. The number of para-hydroxylation sites is 2. The molecular formula is C24H16ClN. The predicted octanol–water partition coefficient (Wildman–Crippen LogP) is 7.10. The van der Waals surface area contributed by atoms with Crippen LogP contribution >= 0.6 is 11.6 Å². The summed E-state index contributed by atoms with van der Waals surface area (Å²) >= 11 is 6.35. The lowest BCUT2D eigenvalue weighted by Crippen LogP contribution is -1.93. The lowest BCUT2D eigenvalue weighted by atomic mass is 10.1. The summed E-state index contributed by atoms with van der Waals surface area (Å²) < 4.78 is 2.32. The smallest absolute Gasteiger partial charge is 0.0541 e. The summed E-state index contributed by atoms with van der Waals surface area (Å²) in [6.45, 7) is 0. The van der Waals surface area contributed by atoms with Gasteiger partial charge in [-0.25, -0.2) is 0 Å². The molecule has 0 saturated carbocycles. The molecular weight excluding hydrogens is 338 g/mol. The zero-order valence-electron chi connectivity index (χ0n) is 14.1. The van der Waals surface area contributed by atoms with Gasteiger partial charge in [-0.1, -0.05) is 78.3 Å². The SMILES string of the molecule is Clc1ccccc1-c1ccc(-n2c3ccccc3c3ccccc32)cc1. The Morgan fingerprint density at radius 1 is 0.538 bits per heavy atom. The van der Waals surface area contributed by atoms with Gasteiger partial charge >= 0.3 is 0 Å². The van der Waals surface area contributed by atoms with Crippen LogP contribution in [0.2, 0.25) is 5.02 Å². The first-order valence-corrected chi connectivity index (χ1v) is 9.04. The number of aromatic nitrogens is 1. The molecule has 0 radical (unpaired) electrons. The first kappa shape index (κ1) is 15.2. The number of hydrogen-bond donors (Lipinski definition) is 0. The topological polar surface area (TPSA) is 4.93 Å². The van der Waals surface area contributed by atoms with Gasteiger partial charge < -0.3 is 4.57 Å². The van der Waals surface area contributed by atoms with E-state index in [-0.39, 0.29) is 0 Å². The molecule has 5 rings (SSSR count). The molecule has 0 aliphatic rings. The van der Waals surface area contributed by atoms with Crippen molar-refractivity contribution in [3.8, 4) is 16.8 Å². The van der Waals surface area contributed by atoms with E-state index in [4.69, 9.17) is 11.6 Å². The van der Waals surface area contributed by atoms with Crippen molar-refractivity contribution in [3.05, 3.63) is 102 Å². The van der Waals surface area contributed by atoms with Gasteiger partial charge in [-0.05, 0) is 35.9 Å². The van der Waals surface area contributed by atoms with Crippen LogP contribution in [-0.2, 0) is 0 Å². The second kappa shape index (κ2) is 6.05. The van der Waals surface area contributed by atoms with Crippen LogP contribution in [0.1, 0.15) is 0 Å². The highest BCUT2D eigenvalue weighted by Crippen LogP contribution is 2.33. The number of halogens is 1. The van der Waals surface area contributed by atoms with E-state index in [0.717, 1.165) is 21.8 Å². The molecule has 0 aliphatic carbocycles. The highest BCUT2D eigenvalue weighted by atomic mass is 35.5. The average molecular weight is 354 g/mol. The summed E-state index contributed by atoms with van der Waals surface area (Å²) in [4.78, 5) is 0. The third kappa shape index (κ3) is 2.33. The second-order valence-corrected chi connectivity index (χ2v) is 6.80. The van der Waals surface area contributed by atoms with Crippen LogP contribution in [0.25, 0.3) is 38.6 Å². The number of benzene rings is 4. The van der Waals surface area contributed by atoms with E-state index in [1.807, 2.05) is 18.2 Å². The molecule has 1 heterocycles. The van der Waals surface area contributed by atoms with Crippen LogP contribution in [0, 0.1) is 0 Å². The zero-order valence-corrected chi connectivity index (χ0v) is 14.8. The molecule has 0 amide bonds. The fourth-order valence-electron chi connectivity index (χ4n) is 3.69. The van der Waals surface area contributed by atoms with Gasteiger partial charge in [0.05, 0.1) is 11.0 Å². The highest BCUT2D eigenvalue weighted by Gasteiger charge is 2.11. The molecule has 0 atom stereocenters. The Bertz CT molecular complexity index is 1180. The first-order valence-electron chi connectivity index (χ1n) is 8.66. The van der Waals surface area contributed by atoms with Crippen molar-refractivity contribution in [3.63, 3.8) is 0 Å². The van der Waals surface area contributed by atoms with E-state index in [2.05, 4.69) is 83.4 Å². The normalized spacial score (nSPS) is 11.3. The number of rotatable bonds is 2. The van der Waals surface area contributed by atoms with Crippen molar-refractivity contribution in [1.29, 1.82) is 0 Å². The molecule has 26 heavy (non-hydrogen) atoms. The molecule has 124 valence electrons. The summed E-state index contributed by atoms with van der Waals surface area (Å²) in [7, 11) is 0. The second-order valence-electron chi connectivity index (χ2n) is 6.40. The van der Waals surface area contributed by atoms with E-state index in [1.54, 1.807) is 0 Å². The fourth-order valence-corrected chi connectivity index (χ4v) is 3.93. The minimum Gasteiger partial charge on any atom is -0.309 e. The quantitative estimate of drug-likeness (QED) is 0.319. The van der Waals surface area contributed by atoms with Gasteiger partial charge in [-0.15, -0.1) is 0 Å². The largest absolute Gasteiger partial charge is 0.309 e. The van der Waals surface area contributed by atoms with Crippen molar-refractivity contribution < 1.29 is 0 Å². The molecule has 0 saturated heterocycles. The van der Waals surface area contributed by atoms with Crippen molar-refractivity contribution >= 4 is 33.4 Å². The maximum absolute atomic E-state index is 6.35. The minimum absolute atomic E-state index is 0.775. The van der Waals surface area contributed by atoms with Gasteiger partial charge in [0.25, 0.3) is 0 Å². The van der Waals surface area contributed by atoms with Gasteiger partial charge in [0.15, 0.2) is 0 Å². The first-order chi connectivity index (χ1) is 12.8. The molecule has 0 bridgehead atoms. The Labute approximate surface area is 157 Å². The van der Waals surface area contributed by atoms with Crippen LogP contribution in [-0.4, -0.2) is 4.57 Å². The molecule has 5 aromatic rings. The lowest BCUT2D eigenvalue weighted by molar-refractivity contribution is 1.18. The minimum atomic E-state index is 0.775. The maximum atomic E-state index is 6.35. The summed E-state index contributed by atoms with van der Waals surface area (Å²) in [6, 6.07) is 33.7. The van der Waals surface area contributed by atoms with Crippen molar-refractivity contribution in [1.82, 2.24) is 4.57 Å². The summed E-state index contributed by atoms with van der Waals surface area (Å²) in [5, 5.41) is 3.33. The van der Waals surface area contributed by atoms with E-state index in [0.29, 0.717) is 0 Å². The van der Waals surface area contributed by atoms with E-state index < -0.39 is 0 Å². The van der Waals surface area contributed by atoms with E-state index in [1.165, 1.54) is 21.8 Å². The predicted molar refractivity (Wildman–Crippen MR) is 111 cm³/mol. The molecule has 0 spiro atoms. The molecule has 0 aliphatic heterocycles. The van der Waals surface area contributed by atoms with E-state index >= 15 is 0 Å².